The second kappa shape index (κ2) is 9.46. The van der Waals surface area contributed by atoms with E-state index in [0.717, 1.165) is 35.4 Å². The quantitative estimate of drug-likeness (QED) is 0.429. The molecule has 6 rings (SSSR count). The number of piperidine rings is 1. The van der Waals surface area contributed by atoms with Gasteiger partial charge in [-0.2, -0.15) is 4.31 Å². The van der Waals surface area contributed by atoms with E-state index in [1.165, 1.54) is 9.87 Å². The van der Waals surface area contributed by atoms with Crippen LogP contribution in [0.25, 0.3) is 11.0 Å². The van der Waals surface area contributed by atoms with Crippen LogP contribution in [0.4, 0.5) is 0 Å². The van der Waals surface area contributed by atoms with Gasteiger partial charge in [0.05, 0.1) is 22.0 Å². The van der Waals surface area contributed by atoms with Crippen molar-refractivity contribution in [1.82, 2.24) is 23.7 Å². The van der Waals surface area contributed by atoms with Crippen LogP contribution < -0.4 is 0 Å². The Bertz CT molecular complexity index is 1530. The molecule has 2 aliphatic rings. The smallest absolute Gasteiger partial charge is 0.243 e. The Hall–Kier alpha value is -3.43. The first-order valence-electron chi connectivity index (χ1n) is 12.9. The summed E-state index contributed by atoms with van der Waals surface area (Å²) in [5.74, 6) is 1.25. The summed E-state index contributed by atoms with van der Waals surface area (Å²) >= 11 is 0. The van der Waals surface area contributed by atoms with E-state index >= 15 is 0 Å². The molecule has 0 aliphatic carbocycles. The van der Waals surface area contributed by atoms with Gasteiger partial charge in [-0.1, -0.05) is 24.3 Å². The van der Waals surface area contributed by atoms with Crippen LogP contribution in [-0.4, -0.2) is 57.7 Å². The Morgan fingerprint density at radius 1 is 1.00 bits per heavy atom. The predicted octanol–water partition coefficient (Wildman–Crippen LogP) is 4.21. The Morgan fingerprint density at radius 2 is 1.78 bits per heavy atom. The van der Waals surface area contributed by atoms with Crippen molar-refractivity contribution >= 4 is 27.0 Å². The first kappa shape index (κ1) is 23.9. The topological polar surface area (TPSA) is 91.3 Å². The molecule has 4 aromatic rings. The monoisotopic (exact) mass is 517 g/mol. The van der Waals surface area contributed by atoms with Gasteiger partial charge in [0.25, 0.3) is 0 Å². The molecule has 1 atom stereocenters. The van der Waals surface area contributed by atoms with Crippen LogP contribution in [0.3, 0.4) is 0 Å². The molecule has 1 saturated heterocycles. The van der Waals surface area contributed by atoms with Gasteiger partial charge < -0.3 is 14.5 Å². The molecular weight excluding hydrogens is 486 g/mol. The number of amides is 1. The highest BCUT2D eigenvalue weighted by Crippen LogP contribution is 2.35. The average Bonchev–Trinajstić information content (AvgIpc) is 3.56. The van der Waals surface area contributed by atoms with E-state index < -0.39 is 16.1 Å². The van der Waals surface area contributed by atoms with E-state index in [1.54, 1.807) is 30.3 Å². The number of carbonyl (C=O) groups is 1. The number of hydrogen-bond acceptors (Lipinski definition) is 4. The van der Waals surface area contributed by atoms with Crippen LogP contribution in [0.1, 0.15) is 48.3 Å². The summed E-state index contributed by atoms with van der Waals surface area (Å²) in [7, 11) is -3.73. The highest BCUT2D eigenvalue weighted by molar-refractivity contribution is 7.89. The minimum atomic E-state index is -3.73. The molecule has 9 heteroatoms. The molecule has 1 unspecified atom stereocenters. The van der Waals surface area contributed by atoms with Crippen molar-refractivity contribution in [1.29, 1.82) is 0 Å². The maximum Gasteiger partial charge on any atom is 0.243 e. The number of aromatic amines is 1. The number of carbonyl (C=O) groups excluding carboxylic acids is 1. The first-order valence-corrected chi connectivity index (χ1v) is 14.3. The zero-order chi connectivity index (χ0) is 25.6. The molecule has 192 valence electrons. The summed E-state index contributed by atoms with van der Waals surface area (Å²) in [6.07, 6.45) is 3.75. The molecule has 0 bridgehead atoms. The van der Waals surface area contributed by atoms with Crippen molar-refractivity contribution in [3.63, 3.8) is 0 Å². The van der Waals surface area contributed by atoms with Gasteiger partial charge in [0.2, 0.25) is 15.9 Å². The van der Waals surface area contributed by atoms with Crippen LogP contribution in [0, 0.1) is 6.92 Å². The molecule has 37 heavy (non-hydrogen) atoms. The molecule has 2 aliphatic heterocycles. The Kier molecular flexibility index (Phi) is 6.12. The summed E-state index contributed by atoms with van der Waals surface area (Å²) in [6, 6.07) is 18.0. The van der Waals surface area contributed by atoms with Crippen LogP contribution in [0.15, 0.2) is 71.8 Å². The summed E-state index contributed by atoms with van der Waals surface area (Å²) in [5, 5.41) is 0. The molecule has 0 spiro atoms. The summed E-state index contributed by atoms with van der Waals surface area (Å²) < 4.78 is 30.7. The number of imidazole rings is 1. The zero-order valence-electron chi connectivity index (χ0n) is 20.9. The van der Waals surface area contributed by atoms with Crippen molar-refractivity contribution in [3.05, 3.63) is 83.9 Å². The number of rotatable bonds is 5. The number of H-pyrrole nitrogens is 1. The second-order valence-electron chi connectivity index (χ2n) is 10.1. The zero-order valence-corrected chi connectivity index (χ0v) is 21.7. The van der Waals surface area contributed by atoms with E-state index in [0.29, 0.717) is 26.2 Å². The fourth-order valence-corrected chi connectivity index (χ4v) is 7.30. The summed E-state index contributed by atoms with van der Waals surface area (Å²) in [4.78, 5) is 23.9. The average molecular weight is 518 g/mol. The minimum Gasteiger partial charge on any atom is -0.349 e. The maximum atomic E-state index is 13.6. The SMILES string of the molecule is Cc1ccc2[nH]c(C3CCN(C(=O)CC4c5cccn5CCN4S(=O)(=O)c4ccccc4)CC3)nc2c1. The van der Waals surface area contributed by atoms with Gasteiger partial charge in [-0.05, 0) is 61.7 Å². The Labute approximate surface area is 217 Å². The standard InChI is InChI=1S/C28H31N5O3S/c1-20-9-10-23-24(18-20)30-28(29-23)21-11-14-32(15-12-21)27(34)19-26-25-8-5-13-31(25)16-17-33(26)37(35,36)22-6-3-2-4-7-22/h2-10,13,18,21,26H,11-12,14-17,19H2,1H3,(H,29,30). The molecule has 8 nitrogen and oxygen atoms in total. The predicted molar refractivity (Wildman–Crippen MR) is 142 cm³/mol. The number of benzene rings is 2. The largest absolute Gasteiger partial charge is 0.349 e. The lowest BCUT2D eigenvalue weighted by molar-refractivity contribution is -0.133. The van der Waals surface area contributed by atoms with Gasteiger partial charge in [-0.25, -0.2) is 13.4 Å². The molecule has 4 heterocycles. The van der Waals surface area contributed by atoms with Gasteiger partial charge in [0.1, 0.15) is 5.82 Å². The third kappa shape index (κ3) is 4.46. The van der Waals surface area contributed by atoms with Gasteiger partial charge in [0.15, 0.2) is 0 Å². The number of hydrogen-bond donors (Lipinski definition) is 1. The van der Waals surface area contributed by atoms with Crippen molar-refractivity contribution < 1.29 is 13.2 Å². The second-order valence-corrected chi connectivity index (χ2v) is 12.0. The maximum absolute atomic E-state index is 13.6. The number of sulfonamides is 1. The number of nitrogens with zero attached hydrogens (tertiary/aromatic N) is 4. The Balaban J connectivity index is 1.18. The number of nitrogens with one attached hydrogen (secondary N) is 1. The highest BCUT2D eigenvalue weighted by Gasteiger charge is 2.39. The number of aromatic nitrogens is 3. The molecule has 1 N–H and O–H groups in total. The van der Waals surface area contributed by atoms with Crippen LogP contribution >= 0.6 is 0 Å². The Morgan fingerprint density at radius 3 is 2.57 bits per heavy atom. The van der Waals surface area contributed by atoms with Gasteiger partial charge >= 0.3 is 0 Å². The van der Waals surface area contributed by atoms with Crippen LogP contribution in [-0.2, 0) is 21.4 Å². The lowest BCUT2D eigenvalue weighted by Crippen LogP contribution is -2.45. The fourth-order valence-electron chi connectivity index (χ4n) is 5.69. The number of aryl methyl sites for hydroxylation is 1. The van der Waals surface area contributed by atoms with E-state index in [9.17, 15) is 13.2 Å². The first-order chi connectivity index (χ1) is 17.9. The summed E-state index contributed by atoms with van der Waals surface area (Å²) in [6.45, 7) is 4.25. The normalized spacial score (nSPS) is 19.3. The van der Waals surface area contributed by atoms with E-state index in [1.807, 2.05) is 23.2 Å². The molecule has 2 aromatic carbocycles. The van der Waals surface area contributed by atoms with Gasteiger partial charge in [0, 0.05) is 50.4 Å². The lowest BCUT2D eigenvalue weighted by atomic mass is 9.95. The lowest BCUT2D eigenvalue weighted by Gasteiger charge is -2.38. The van der Waals surface area contributed by atoms with Crippen molar-refractivity contribution in [2.45, 2.75) is 49.6 Å². The number of likely N-dealkylation sites (tertiary alicyclic amines) is 1. The minimum absolute atomic E-state index is 0.00778. The van der Waals surface area contributed by atoms with Crippen LogP contribution in [0.2, 0.25) is 0 Å². The molecule has 0 saturated carbocycles. The van der Waals surface area contributed by atoms with Crippen LogP contribution in [0.5, 0.6) is 0 Å². The highest BCUT2D eigenvalue weighted by atomic mass is 32.2. The molecular formula is C28H31N5O3S. The molecule has 2 aromatic heterocycles. The van der Waals surface area contributed by atoms with E-state index in [-0.39, 0.29) is 23.1 Å². The van der Waals surface area contributed by atoms with E-state index in [4.69, 9.17) is 4.98 Å². The van der Waals surface area contributed by atoms with Crippen molar-refractivity contribution in [2.24, 2.45) is 0 Å². The van der Waals surface area contributed by atoms with E-state index in [2.05, 4.69) is 34.7 Å². The molecule has 0 radical (unpaired) electrons. The third-order valence-corrected chi connectivity index (χ3v) is 9.65. The molecule has 1 fully saturated rings. The third-order valence-electron chi connectivity index (χ3n) is 7.72. The van der Waals surface area contributed by atoms with Crippen molar-refractivity contribution in [2.75, 3.05) is 19.6 Å². The molecule has 1 amide bonds. The van der Waals surface area contributed by atoms with Gasteiger partial charge in [-0.15, -0.1) is 0 Å². The van der Waals surface area contributed by atoms with Crippen molar-refractivity contribution in [3.8, 4) is 0 Å². The van der Waals surface area contributed by atoms with Gasteiger partial charge in [-0.3, -0.25) is 4.79 Å². The fraction of sp³-hybridized carbons (Fsp3) is 0.357. The number of fused-ring (bicyclic) bond motifs is 2. The summed E-state index contributed by atoms with van der Waals surface area (Å²) in [5.41, 5.74) is 4.07.